The Morgan fingerprint density at radius 3 is 2.50 bits per heavy atom. The van der Waals surface area contributed by atoms with Crippen LogP contribution in [-0.2, 0) is 21.2 Å². The van der Waals surface area contributed by atoms with Gasteiger partial charge in [0, 0.05) is 5.69 Å². The lowest BCUT2D eigenvalue weighted by atomic mass is 10.1. The molecule has 0 aliphatic rings. The Bertz CT molecular complexity index is 774. The predicted molar refractivity (Wildman–Crippen MR) is 96.4 cm³/mol. The van der Waals surface area contributed by atoms with Crippen LogP contribution in [0.15, 0.2) is 54.6 Å². The SMILES string of the molecule is Cc1cccc(NC(=O)CNS(=O)(=O)CCCc2ccccc2)c1. The molecular formula is C18H22N2O3S. The molecule has 2 aromatic rings. The average molecular weight is 346 g/mol. The summed E-state index contributed by atoms with van der Waals surface area (Å²) in [5, 5.41) is 2.67. The third kappa shape index (κ3) is 6.52. The number of carbonyl (C=O) groups excluding carboxylic acids is 1. The molecule has 0 aromatic heterocycles. The van der Waals surface area contributed by atoms with Crippen LogP contribution >= 0.6 is 0 Å². The minimum Gasteiger partial charge on any atom is -0.325 e. The van der Waals surface area contributed by atoms with Crippen LogP contribution in [0.25, 0.3) is 0 Å². The summed E-state index contributed by atoms with van der Waals surface area (Å²) in [5.41, 5.74) is 2.78. The zero-order chi connectivity index (χ0) is 17.4. The lowest BCUT2D eigenvalue weighted by molar-refractivity contribution is -0.115. The summed E-state index contributed by atoms with van der Waals surface area (Å²) in [6, 6.07) is 17.1. The van der Waals surface area contributed by atoms with Gasteiger partial charge in [-0.25, -0.2) is 13.1 Å². The molecule has 0 heterocycles. The molecule has 5 nitrogen and oxygen atoms in total. The minimum absolute atomic E-state index is 0.000378. The summed E-state index contributed by atoms with van der Waals surface area (Å²) in [4.78, 5) is 11.8. The van der Waals surface area contributed by atoms with Crippen LogP contribution < -0.4 is 10.0 Å². The van der Waals surface area contributed by atoms with Gasteiger partial charge < -0.3 is 5.32 Å². The molecule has 2 N–H and O–H groups in total. The lowest BCUT2D eigenvalue weighted by Crippen LogP contribution is -2.34. The van der Waals surface area contributed by atoms with E-state index >= 15 is 0 Å². The van der Waals surface area contributed by atoms with Crippen LogP contribution in [0.2, 0.25) is 0 Å². The van der Waals surface area contributed by atoms with Gasteiger partial charge >= 0.3 is 0 Å². The highest BCUT2D eigenvalue weighted by atomic mass is 32.2. The standard InChI is InChI=1S/C18H22N2O3S/c1-15-7-5-11-17(13-15)20-18(21)14-19-24(22,23)12-6-10-16-8-3-2-4-9-16/h2-5,7-9,11,13,19H,6,10,12,14H2,1H3,(H,20,21). The molecule has 0 spiro atoms. The number of rotatable bonds is 8. The van der Waals surface area contributed by atoms with Crippen LogP contribution in [0.1, 0.15) is 17.5 Å². The fourth-order valence-corrected chi connectivity index (χ4v) is 3.31. The maximum Gasteiger partial charge on any atom is 0.239 e. The van der Waals surface area contributed by atoms with Gasteiger partial charge in [-0.3, -0.25) is 4.79 Å². The van der Waals surface area contributed by atoms with Crippen LogP contribution in [0, 0.1) is 6.92 Å². The molecule has 2 aromatic carbocycles. The molecule has 0 atom stereocenters. The van der Waals surface area contributed by atoms with Crippen molar-refractivity contribution in [2.24, 2.45) is 0 Å². The number of hydrogen-bond donors (Lipinski definition) is 2. The molecule has 0 aliphatic heterocycles. The summed E-state index contributed by atoms with van der Waals surface area (Å²) >= 11 is 0. The summed E-state index contributed by atoms with van der Waals surface area (Å²) in [7, 11) is -3.46. The van der Waals surface area contributed by atoms with Crippen molar-refractivity contribution < 1.29 is 13.2 Å². The van der Waals surface area contributed by atoms with Gasteiger partial charge in [0.1, 0.15) is 0 Å². The van der Waals surface area contributed by atoms with Crippen molar-refractivity contribution in [1.82, 2.24) is 4.72 Å². The zero-order valence-electron chi connectivity index (χ0n) is 13.7. The van der Waals surface area contributed by atoms with E-state index in [1.165, 1.54) is 0 Å². The minimum atomic E-state index is -3.46. The molecule has 0 unspecified atom stereocenters. The summed E-state index contributed by atoms with van der Waals surface area (Å²) in [6.07, 6.45) is 1.20. The topological polar surface area (TPSA) is 75.3 Å². The van der Waals surface area contributed by atoms with Crippen LogP contribution in [-0.4, -0.2) is 26.6 Å². The smallest absolute Gasteiger partial charge is 0.239 e. The van der Waals surface area contributed by atoms with E-state index in [0.29, 0.717) is 18.5 Å². The van der Waals surface area contributed by atoms with Gasteiger partial charge in [-0.2, -0.15) is 0 Å². The maximum absolute atomic E-state index is 11.9. The summed E-state index contributed by atoms with van der Waals surface area (Å²) in [6.45, 7) is 1.66. The average Bonchev–Trinajstić information content (AvgIpc) is 2.54. The molecule has 0 bridgehead atoms. The second-order valence-electron chi connectivity index (χ2n) is 5.65. The van der Waals surface area contributed by atoms with Crippen molar-refractivity contribution in [3.63, 3.8) is 0 Å². The van der Waals surface area contributed by atoms with Crippen molar-refractivity contribution in [1.29, 1.82) is 0 Å². The molecule has 0 aliphatic carbocycles. The number of carbonyl (C=O) groups is 1. The van der Waals surface area contributed by atoms with E-state index < -0.39 is 10.0 Å². The Hall–Kier alpha value is -2.18. The lowest BCUT2D eigenvalue weighted by Gasteiger charge is -2.08. The zero-order valence-corrected chi connectivity index (χ0v) is 14.5. The van der Waals surface area contributed by atoms with Gasteiger partial charge in [0.05, 0.1) is 12.3 Å². The van der Waals surface area contributed by atoms with Crippen molar-refractivity contribution in [2.45, 2.75) is 19.8 Å². The molecule has 0 saturated heterocycles. The van der Waals surface area contributed by atoms with Gasteiger partial charge in [-0.05, 0) is 43.0 Å². The van der Waals surface area contributed by atoms with Crippen LogP contribution in [0.5, 0.6) is 0 Å². The van der Waals surface area contributed by atoms with Crippen molar-refractivity contribution >= 4 is 21.6 Å². The fourth-order valence-electron chi connectivity index (χ4n) is 2.29. The first-order valence-electron chi connectivity index (χ1n) is 7.82. The summed E-state index contributed by atoms with van der Waals surface area (Å²) in [5.74, 6) is -0.383. The first-order chi connectivity index (χ1) is 11.4. The molecule has 6 heteroatoms. The van der Waals surface area contributed by atoms with Gasteiger partial charge in [-0.15, -0.1) is 0 Å². The highest BCUT2D eigenvalue weighted by Crippen LogP contribution is 2.09. The highest BCUT2D eigenvalue weighted by molar-refractivity contribution is 7.89. The molecule has 0 saturated carbocycles. The van der Waals surface area contributed by atoms with E-state index in [0.717, 1.165) is 11.1 Å². The van der Waals surface area contributed by atoms with E-state index in [9.17, 15) is 13.2 Å². The summed E-state index contributed by atoms with van der Waals surface area (Å²) < 4.78 is 26.2. The van der Waals surface area contributed by atoms with Gasteiger partial charge in [0.15, 0.2) is 0 Å². The van der Waals surface area contributed by atoms with Crippen LogP contribution in [0.4, 0.5) is 5.69 Å². The second-order valence-corrected chi connectivity index (χ2v) is 7.57. The van der Waals surface area contributed by atoms with Gasteiger partial charge in [0.2, 0.25) is 15.9 Å². The number of nitrogens with one attached hydrogen (secondary N) is 2. The molecule has 24 heavy (non-hydrogen) atoms. The number of hydrogen-bond acceptors (Lipinski definition) is 3. The Kier molecular flexibility index (Phi) is 6.52. The van der Waals surface area contributed by atoms with Crippen LogP contribution in [0.3, 0.4) is 0 Å². The largest absolute Gasteiger partial charge is 0.325 e. The van der Waals surface area contributed by atoms with Gasteiger partial charge in [0.25, 0.3) is 0 Å². The molecule has 1 amide bonds. The number of aryl methyl sites for hydroxylation is 2. The fraction of sp³-hybridized carbons (Fsp3) is 0.278. The normalized spacial score (nSPS) is 11.2. The van der Waals surface area contributed by atoms with E-state index in [1.54, 1.807) is 6.07 Å². The quantitative estimate of drug-likeness (QED) is 0.771. The Morgan fingerprint density at radius 1 is 1.04 bits per heavy atom. The maximum atomic E-state index is 11.9. The monoisotopic (exact) mass is 346 g/mol. The molecule has 2 rings (SSSR count). The number of benzene rings is 2. The predicted octanol–water partition coefficient (Wildman–Crippen LogP) is 2.49. The van der Waals surface area contributed by atoms with E-state index in [4.69, 9.17) is 0 Å². The van der Waals surface area contributed by atoms with E-state index in [2.05, 4.69) is 10.0 Å². The molecule has 128 valence electrons. The third-order valence-corrected chi connectivity index (χ3v) is 4.89. The number of amides is 1. The third-order valence-electron chi connectivity index (χ3n) is 3.48. The van der Waals surface area contributed by atoms with E-state index in [1.807, 2.05) is 55.5 Å². The van der Waals surface area contributed by atoms with E-state index in [-0.39, 0.29) is 18.2 Å². The Balaban J connectivity index is 1.74. The first kappa shape index (κ1) is 18.2. The second kappa shape index (κ2) is 8.61. The van der Waals surface area contributed by atoms with Crippen molar-refractivity contribution in [2.75, 3.05) is 17.6 Å². The Labute approximate surface area is 143 Å². The number of anilines is 1. The van der Waals surface area contributed by atoms with Crippen molar-refractivity contribution in [3.05, 3.63) is 65.7 Å². The Morgan fingerprint density at radius 2 is 1.79 bits per heavy atom. The van der Waals surface area contributed by atoms with Gasteiger partial charge in [-0.1, -0.05) is 42.5 Å². The molecular weight excluding hydrogens is 324 g/mol. The number of sulfonamides is 1. The van der Waals surface area contributed by atoms with Crippen molar-refractivity contribution in [3.8, 4) is 0 Å². The first-order valence-corrected chi connectivity index (χ1v) is 9.48. The highest BCUT2D eigenvalue weighted by Gasteiger charge is 2.12. The molecule has 0 fully saturated rings. The molecule has 0 radical (unpaired) electrons.